The van der Waals surface area contributed by atoms with Gasteiger partial charge in [0.25, 0.3) is 0 Å². The van der Waals surface area contributed by atoms with Gasteiger partial charge in [0.2, 0.25) is 0 Å². The fourth-order valence-electron chi connectivity index (χ4n) is 3.19. The van der Waals surface area contributed by atoms with Crippen molar-refractivity contribution in [1.82, 2.24) is 4.57 Å². The Morgan fingerprint density at radius 2 is 1.80 bits per heavy atom. The molecule has 1 heterocycles. The topological polar surface area (TPSA) is 46.4 Å². The van der Waals surface area contributed by atoms with Gasteiger partial charge >= 0.3 is 0 Å². The average Bonchev–Trinajstić information content (AvgIpc) is 2.87. The zero-order valence-electron chi connectivity index (χ0n) is 15.1. The van der Waals surface area contributed by atoms with Crippen LogP contribution in [0.25, 0.3) is 10.9 Å². The molecule has 0 aliphatic carbocycles. The number of fused-ring (bicyclic) bond motifs is 1. The van der Waals surface area contributed by atoms with Gasteiger partial charge in [-0.1, -0.05) is 18.2 Å². The third-order valence-corrected chi connectivity index (χ3v) is 4.65. The minimum atomic E-state index is -0.472. The highest BCUT2D eigenvalue weighted by atomic mass is 16.5. The minimum Gasteiger partial charge on any atom is -0.494 e. The van der Waals surface area contributed by atoms with Gasteiger partial charge in [-0.3, -0.25) is 0 Å². The molecule has 0 bridgehead atoms. The molecule has 0 aliphatic heterocycles. The molecule has 0 unspecified atom stereocenters. The number of rotatable bonds is 7. The van der Waals surface area contributed by atoms with Gasteiger partial charge in [0.05, 0.1) is 19.3 Å². The molecule has 0 aliphatic rings. The van der Waals surface area contributed by atoms with E-state index in [0.717, 1.165) is 11.4 Å². The monoisotopic (exact) mass is 338 g/mol. The molecule has 2 aromatic carbocycles. The van der Waals surface area contributed by atoms with Gasteiger partial charge in [-0.2, -0.15) is 0 Å². The molecule has 1 aromatic heterocycles. The van der Waals surface area contributed by atoms with E-state index in [1.807, 2.05) is 37.3 Å². The highest BCUT2D eigenvalue weighted by molar-refractivity contribution is 5.85. The van der Waals surface area contributed by atoms with Crippen LogP contribution in [0.1, 0.15) is 18.2 Å². The average molecular weight is 338 g/mol. The predicted octanol–water partition coefficient (Wildman–Crippen LogP) is 4.13. The Hall–Kier alpha value is -2.46. The second-order valence-corrected chi connectivity index (χ2v) is 6.33. The summed E-state index contributed by atoms with van der Waals surface area (Å²) in [6.07, 6.45) is -0.472. The molecule has 25 heavy (non-hydrogen) atoms. The molecular weight excluding hydrogens is 312 g/mol. The second-order valence-electron chi connectivity index (χ2n) is 6.33. The van der Waals surface area contributed by atoms with Crippen molar-refractivity contribution in [2.24, 2.45) is 0 Å². The Morgan fingerprint density at radius 3 is 2.52 bits per heavy atom. The SMILES string of the molecule is CCOc1ccc(NC[C@@H](O)Cn2c(C)c(C)c3ccccc32)cc1. The van der Waals surface area contributed by atoms with Crippen LogP contribution in [0.2, 0.25) is 0 Å². The number of aromatic nitrogens is 1. The van der Waals surface area contributed by atoms with E-state index in [1.54, 1.807) is 0 Å². The zero-order valence-corrected chi connectivity index (χ0v) is 15.1. The standard InChI is InChI=1S/C21H26N2O2/c1-4-25-19-11-9-17(10-12-19)22-13-18(24)14-23-16(3)15(2)20-7-5-6-8-21(20)23/h5-12,18,22,24H,4,13-14H2,1-3H3/t18-/m1/s1. The molecule has 0 spiro atoms. The van der Waals surface area contributed by atoms with E-state index in [9.17, 15) is 5.11 Å². The Morgan fingerprint density at radius 1 is 1.08 bits per heavy atom. The van der Waals surface area contributed by atoms with Crippen LogP contribution < -0.4 is 10.1 Å². The van der Waals surface area contributed by atoms with Crippen molar-refractivity contribution in [2.75, 3.05) is 18.5 Å². The molecule has 0 amide bonds. The number of aliphatic hydroxyl groups is 1. The molecule has 1 atom stereocenters. The molecule has 0 fully saturated rings. The summed E-state index contributed by atoms with van der Waals surface area (Å²) >= 11 is 0. The largest absolute Gasteiger partial charge is 0.494 e. The summed E-state index contributed by atoms with van der Waals surface area (Å²) in [4.78, 5) is 0. The number of para-hydroxylation sites is 1. The number of anilines is 1. The van der Waals surface area contributed by atoms with Gasteiger partial charge in [-0.25, -0.2) is 0 Å². The van der Waals surface area contributed by atoms with Crippen molar-refractivity contribution in [3.63, 3.8) is 0 Å². The molecular formula is C21H26N2O2. The fraction of sp³-hybridized carbons (Fsp3) is 0.333. The first-order chi connectivity index (χ1) is 12.1. The third kappa shape index (κ3) is 3.80. The van der Waals surface area contributed by atoms with Crippen LogP contribution in [0.3, 0.4) is 0 Å². The highest BCUT2D eigenvalue weighted by Crippen LogP contribution is 2.25. The van der Waals surface area contributed by atoms with Crippen molar-refractivity contribution >= 4 is 16.6 Å². The zero-order chi connectivity index (χ0) is 17.8. The molecule has 2 N–H and O–H groups in total. The number of nitrogens with one attached hydrogen (secondary N) is 1. The molecule has 132 valence electrons. The van der Waals surface area contributed by atoms with Crippen LogP contribution in [-0.2, 0) is 6.54 Å². The first-order valence-electron chi connectivity index (χ1n) is 8.79. The maximum absolute atomic E-state index is 10.5. The van der Waals surface area contributed by atoms with E-state index in [1.165, 1.54) is 22.2 Å². The fourth-order valence-corrected chi connectivity index (χ4v) is 3.19. The number of hydrogen-bond donors (Lipinski definition) is 2. The second kappa shape index (κ2) is 7.62. The maximum Gasteiger partial charge on any atom is 0.119 e. The number of aryl methyl sites for hydroxylation is 1. The van der Waals surface area contributed by atoms with E-state index in [-0.39, 0.29) is 0 Å². The van der Waals surface area contributed by atoms with E-state index in [0.29, 0.717) is 19.7 Å². The number of hydrogen-bond acceptors (Lipinski definition) is 3. The van der Waals surface area contributed by atoms with Crippen LogP contribution in [0.4, 0.5) is 5.69 Å². The van der Waals surface area contributed by atoms with Crippen LogP contribution in [0.5, 0.6) is 5.75 Å². The Balaban J connectivity index is 1.65. The highest BCUT2D eigenvalue weighted by Gasteiger charge is 2.13. The third-order valence-electron chi connectivity index (χ3n) is 4.65. The summed E-state index contributed by atoms with van der Waals surface area (Å²) in [7, 11) is 0. The van der Waals surface area contributed by atoms with Gasteiger partial charge in [-0.15, -0.1) is 0 Å². The number of benzene rings is 2. The molecule has 0 radical (unpaired) electrons. The molecule has 0 saturated carbocycles. The lowest BCUT2D eigenvalue weighted by atomic mass is 10.2. The molecule has 4 nitrogen and oxygen atoms in total. The van der Waals surface area contributed by atoms with E-state index in [4.69, 9.17) is 4.74 Å². The van der Waals surface area contributed by atoms with Gasteiger partial charge in [0.1, 0.15) is 5.75 Å². The molecule has 0 saturated heterocycles. The molecule has 3 rings (SSSR count). The summed E-state index contributed by atoms with van der Waals surface area (Å²) in [5.74, 6) is 0.860. The lowest BCUT2D eigenvalue weighted by Crippen LogP contribution is -2.25. The lowest BCUT2D eigenvalue weighted by Gasteiger charge is -2.16. The first kappa shape index (κ1) is 17.4. The Bertz CT molecular complexity index is 837. The summed E-state index contributed by atoms with van der Waals surface area (Å²) in [5, 5.41) is 15.0. The first-order valence-corrected chi connectivity index (χ1v) is 8.79. The van der Waals surface area contributed by atoms with Gasteiger partial charge in [-0.05, 0) is 56.7 Å². The number of ether oxygens (including phenoxy) is 1. The predicted molar refractivity (Wildman–Crippen MR) is 104 cm³/mol. The van der Waals surface area contributed by atoms with Crippen molar-refractivity contribution in [2.45, 2.75) is 33.4 Å². The normalized spacial score (nSPS) is 12.3. The minimum absolute atomic E-state index is 0.472. The Kier molecular flexibility index (Phi) is 5.29. The van der Waals surface area contributed by atoms with Crippen molar-refractivity contribution in [3.05, 3.63) is 59.8 Å². The summed E-state index contributed by atoms with van der Waals surface area (Å²) in [5.41, 5.74) is 4.65. The van der Waals surface area contributed by atoms with Crippen LogP contribution in [0, 0.1) is 13.8 Å². The van der Waals surface area contributed by atoms with E-state index >= 15 is 0 Å². The van der Waals surface area contributed by atoms with Crippen molar-refractivity contribution in [1.29, 1.82) is 0 Å². The van der Waals surface area contributed by atoms with Crippen LogP contribution in [0.15, 0.2) is 48.5 Å². The maximum atomic E-state index is 10.5. The summed E-state index contributed by atoms with van der Waals surface area (Å²) < 4.78 is 7.64. The summed E-state index contributed by atoms with van der Waals surface area (Å²) in [6, 6.07) is 16.2. The number of nitrogens with zero attached hydrogens (tertiary/aromatic N) is 1. The molecule has 4 heteroatoms. The van der Waals surface area contributed by atoms with Crippen LogP contribution in [-0.4, -0.2) is 28.9 Å². The smallest absolute Gasteiger partial charge is 0.119 e. The van der Waals surface area contributed by atoms with Gasteiger partial charge in [0.15, 0.2) is 0 Å². The summed E-state index contributed by atoms with van der Waals surface area (Å²) in [6.45, 7) is 7.95. The Labute approximate surface area is 149 Å². The molecule has 3 aromatic rings. The van der Waals surface area contributed by atoms with Gasteiger partial charge < -0.3 is 19.7 Å². The quantitative estimate of drug-likeness (QED) is 0.681. The van der Waals surface area contributed by atoms with Gasteiger partial charge in [0, 0.05) is 28.8 Å². The van der Waals surface area contributed by atoms with E-state index in [2.05, 4.69) is 41.9 Å². The van der Waals surface area contributed by atoms with Crippen molar-refractivity contribution in [3.8, 4) is 5.75 Å². The number of aliphatic hydroxyl groups excluding tert-OH is 1. The lowest BCUT2D eigenvalue weighted by molar-refractivity contribution is 0.167. The van der Waals surface area contributed by atoms with Crippen LogP contribution >= 0.6 is 0 Å². The van der Waals surface area contributed by atoms with Crippen molar-refractivity contribution < 1.29 is 9.84 Å². The van der Waals surface area contributed by atoms with E-state index < -0.39 is 6.10 Å².